The molecule has 174 valence electrons. The summed E-state index contributed by atoms with van der Waals surface area (Å²) >= 11 is 0. The summed E-state index contributed by atoms with van der Waals surface area (Å²) < 4.78 is 23.0. The molecule has 2 aromatic heterocycles. The number of aromatic carboxylic acids is 1. The molecule has 9 nitrogen and oxygen atoms in total. The number of nitrogens with zero attached hydrogens (tertiary/aromatic N) is 4. The molecular formula is C24H21FN4O5. The highest BCUT2D eigenvalue weighted by Gasteiger charge is 2.44. The van der Waals surface area contributed by atoms with Crippen LogP contribution in [0.1, 0.15) is 34.8 Å². The molecule has 3 aliphatic rings. The van der Waals surface area contributed by atoms with E-state index in [1.165, 1.54) is 13.3 Å². The Morgan fingerprint density at radius 3 is 2.82 bits per heavy atom. The number of carboxylic acid groups (broad SMARTS) is 1. The first-order valence-corrected chi connectivity index (χ1v) is 11.1. The number of halogens is 1. The number of hydrogen-bond donors (Lipinski definition) is 1. The molecule has 1 aliphatic carbocycles. The summed E-state index contributed by atoms with van der Waals surface area (Å²) in [5, 5.41) is 13.7. The zero-order valence-corrected chi connectivity index (χ0v) is 18.3. The van der Waals surface area contributed by atoms with Gasteiger partial charge in [0.25, 0.3) is 0 Å². The summed E-state index contributed by atoms with van der Waals surface area (Å²) in [5.41, 5.74) is 1.16. The molecule has 2 aliphatic heterocycles. The van der Waals surface area contributed by atoms with Crippen molar-refractivity contribution in [1.29, 1.82) is 0 Å². The number of hydrogen-bond acceptors (Lipinski definition) is 7. The van der Waals surface area contributed by atoms with Crippen LogP contribution in [0, 0.1) is 11.7 Å². The van der Waals surface area contributed by atoms with E-state index in [1.807, 2.05) is 17.0 Å². The van der Waals surface area contributed by atoms with E-state index in [0.717, 1.165) is 30.2 Å². The van der Waals surface area contributed by atoms with E-state index in [2.05, 4.69) is 10.1 Å². The number of aromatic nitrogens is 2. The molecule has 1 saturated heterocycles. The number of oxime groups is 1. The SMILES string of the molecule is COc1c(N2CC3ON=C(c4cccnc4)C3C2)c(F)cc2c(=O)c(C(=O)O)cn(C3CC3)c12. The van der Waals surface area contributed by atoms with Gasteiger partial charge in [0.2, 0.25) is 5.43 Å². The number of methoxy groups -OCH3 is 1. The van der Waals surface area contributed by atoms with Crippen LogP contribution in [-0.2, 0) is 4.84 Å². The Bertz CT molecular complexity index is 1420. The van der Waals surface area contributed by atoms with Crippen molar-refractivity contribution in [3.8, 4) is 5.75 Å². The molecule has 34 heavy (non-hydrogen) atoms. The molecule has 1 saturated carbocycles. The zero-order valence-electron chi connectivity index (χ0n) is 18.3. The van der Waals surface area contributed by atoms with Crippen molar-refractivity contribution >= 4 is 28.3 Å². The Morgan fingerprint density at radius 2 is 2.15 bits per heavy atom. The third-order valence-electron chi connectivity index (χ3n) is 6.75. The third kappa shape index (κ3) is 3.05. The van der Waals surface area contributed by atoms with Gasteiger partial charge in [0.05, 0.1) is 36.2 Å². The Hall–Kier alpha value is -3.95. The van der Waals surface area contributed by atoms with E-state index in [0.29, 0.717) is 18.6 Å². The van der Waals surface area contributed by atoms with Crippen LogP contribution < -0.4 is 15.1 Å². The summed E-state index contributed by atoms with van der Waals surface area (Å²) in [6.45, 7) is 0.829. The van der Waals surface area contributed by atoms with Gasteiger partial charge in [-0.3, -0.25) is 9.78 Å². The molecule has 0 amide bonds. The predicted octanol–water partition coefficient (Wildman–Crippen LogP) is 2.82. The van der Waals surface area contributed by atoms with Crippen LogP contribution >= 0.6 is 0 Å². The average Bonchev–Trinajstić information content (AvgIpc) is 3.47. The van der Waals surface area contributed by atoms with Gasteiger partial charge in [0.15, 0.2) is 17.7 Å². The normalized spacial score (nSPS) is 21.4. The van der Waals surface area contributed by atoms with E-state index in [1.54, 1.807) is 17.0 Å². The maximum atomic E-state index is 15.6. The molecule has 0 bridgehead atoms. The number of pyridine rings is 2. The quantitative estimate of drug-likeness (QED) is 0.619. The van der Waals surface area contributed by atoms with Crippen LogP contribution in [0.25, 0.3) is 10.9 Å². The molecule has 2 unspecified atom stereocenters. The van der Waals surface area contributed by atoms with Crippen molar-refractivity contribution < 1.29 is 23.9 Å². The van der Waals surface area contributed by atoms with Crippen LogP contribution in [-0.4, -0.2) is 52.6 Å². The highest BCUT2D eigenvalue weighted by Crippen LogP contribution is 2.45. The smallest absolute Gasteiger partial charge is 0.341 e. The highest BCUT2D eigenvalue weighted by molar-refractivity contribution is 6.04. The standard InChI is InChI=1S/C24H21FN4O5/c1-33-23-20-14(22(30)16(24(31)32)10-29(20)13-4-5-13)7-17(25)21(23)28-9-15-18(11-28)34-27-19(15)12-3-2-6-26-8-12/h2-3,6-8,10,13,15,18H,4-5,9,11H2,1H3,(H,31,32). The number of carbonyl (C=O) groups is 1. The van der Waals surface area contributed by atoms with Crippen molar-refractivity contribution in [2.24, 2.45) is 11.1 Å². The lowest BCUT2D eigenvalue weighted by Crippen LogP contribution is -2.26. The summed E-state index contributed by atoms with van der Waals surface area (Å²) in [6, 6.07) is 4.91. The average molecular weight is 464 g/mol. The number of carboxylic acids is 1. The van der Waals surface area contributed by atoms with E-state index in [-0.39, 0.29) is 40.5 Å². The van der Waals surface area contributed by atoms with Crippen molar-refractivity contribution in [1.82, 2.24) is 9.55 Å². The first-order chi connectivity index (χ1) is 16.5. The van der Waals surface area contributed by atoms with Gasteiger partial charge in [-0.05, 0) is 31.0 Å². The van der Waals surface area contributed by atoms with Gasteiger partial charge in [-0.25, -0.2) is 9.18 Å². The number of benzene rings is 1. The van der Waals surface area contributed by atoms with Gasteiger partial charge >= 0.3 is 5.97 Å². The minimum absolute atomic E-state index is 0.00171. The Labute approximate surface area is 193 Å². The lowest BCUT2D eigenvalue weighted by Gasteiger charge is -2.25. The number of ether oxygens (including phenoxy) is 1. The number of anilines is 1. The Kier molecular flexibility index (Phi) is 4.58. The zero-order chi connectivity index (χ0) is 23.6. The molecule has 2 fully saturated rings. The topological polar surface area (TPSA) is 106 Å². The second kappa shape index (κ2) is 7.54. The predicted molar refractivity (Wildman–Crippen MR) is 121 cm³/mol. The molecule has 0 spiro atoms. The van der Waals surface area contributed by atoms with Crippen molar-refractivity contribution in [2.75, 3.05) is 25.1 Å². The molecule has 10 heteroatoms. The first kappa shape index (κ1) is 20.6. The molecule has 4 heterocycles. The Morgan fingerprint density at radius 1 is 1.32 bits per heavy atom. The molecule has 6 rings (SSSR count). The maximum Gasteiger partial charge on any atom is 0.341 e. The van der Waals surface area contributed by atoms with Gasteiger partial charge in [-0.1, -0.05) is 5.16 Å². The molecule has 1 N–H and O–H groups in total. The van der Waals surface area contributed by atoms with Crippen LogP contribution in [0.4, 0.5) is 10.1 Å². The van der Waals surface area contributed by atoms with Crippen LogP contribution in [0.2, 0.25) is 0 Å². The maximum absolute atomic E-state index is 15.6. The third-order valence-corrected chi connectivity index (χ3v) is 6.75. The van der Waals surface area contributed by atoms with Crippen molar-refractivity contribution in [3.05, 3.63) is 64.0 Å². The van der Waals surface area contributed by atoms with Gasteiger partial charge < -0.3 is 24.1 Å². The van der Waals surface area contributed by atoms with Gasteiger partial charge in [-0.15, -0.1) is 0 Å². The fourth-order valence-electron chi connectivity index (χ4n) is 5.02. The fourth-order valence-corrected chi connectivity index (χ4v) is 5.02. The van der Waals surface area contributed by atoms with Crippen LogP contribution in [0.5, 0.6) is 5.75 Å². The highest BCUT2D eigenvalue weighted by atomic mass is 19.1. The Balaban J connectivity index is 1.47. The molecule has 0 radical (unpaired) electrons. The van der Waals surface area contributed by atoms with Crippen molar-refractivity contribution in [2.45, 2.75) is 25.0 Å². The number of rotatable bonds is 5. The summed E-state index contributed by atoms with van der Waals surface area (Å²) in [6.07, 6.45) is 6.19. The van der Waals surface area contributed by atoms with Crippen LogP contribution in [0.3, 0.4) is 0 Å². The summed E-state index contributed by atoms with van der Waals surface area (Å²) in [4.78, 5) is 36.2. The van der Waals surface area contributed by atoms with Gasteiger partial charge in [0.1, 0.15) is 11.3 Å². The largest absolute Gasteiger partial charge is 0.492 e. The van der Waals surface area contributed by atoms with Crippen molar-refractivity contribution in [3.63, 3.8) is 0 Å². The molecule has 1 aromatic carbocycles. The molecule has 2 atom stereocenters. The van der Waals surface area contributed by atoms with Gasteiger partial charge in [-0.2, -0.15) is 0 Å². The van der Waals surface area contributed by atoms with E-state index in [9.17, 15) is 14.7 Å². The lowest BCUT2D eigenvalue weighted by molar-refractivity contribution is 0.0694. The number of fused-ring (bicyclic) bond motifs is 2. The van der Waals surface area contributed by atoms with E-state index in [4.69, 9.17) is 9.57 Å². The van der Waals surface area contributed by atoms with E-state index >= 15 is 4.39 Å². The summed E-state index contributed by atoms with van der Waals surface area (Å²) in [5.74, 6) is -1.84. The second-order valence-corrected chi connectivity index (χ2v) is 8.83. The minimum Gasteiger partial charge on any atom is -0.492 e. The van der Waals surface area contributed by atoms with Gasteiger partial charge in [0, 0.05) is 36.7 Å². The minimum atomic E-state index is -1.34. The van der Waals surface area contributed by atoms with Crippen LogP contribution in [0.15, 0.2) is 46.7 Å². The van der Waals surface area contributed by atoms with E-state index < -0.39 is 17.2 Å². The monoisotopic (exact) mass is 464 g/mol. The summed E-state index contributed by atoms with van der Waals surface area (Å²) in [7, 11) is 1.43. The molecular weight excluding hydrogens is 443 g/mol. The molecule has 3 aromatic rings. The fraction of sp³-hybridized carbons (Fsp3) is 0.333. The lowest BCUT2D eigenvalue weighted by atomic mass is 9.96. The second-order valence-electron chi connectivity index (χ2n) is 8.83. The first-order valence-electron chi connectivity index (χ1n) is 11.1.